The fourth-order valence-corrected chi connectivity index (χ4v) is 2.71. The fraction of sp³-hybridized carbons (Fsp3) is 0.929. The molecule has 0 spiro atoms. The van der Waals surface area contributed by atoms with Gasteiger partial charge < -0.3 is 20.1 Å². The van der Waals surface area contributed by atoms with Gasteiger partial charge in [-0.2, -0.15) is 0 Å². The molecule has 1 aliphatic rings. The van der Waals surface area contributed by atoms with Crippen LogP contribution in [0, 0.1) is 11.8 Å². The number of piperidine rings is 1. The quantitative estimate of drug-likeness (QED) is 0.682. The number of ether oxygens (including phenoxy) is 2. The van der Waals surface area contributed by atoms with E-state index in [9.17, 15) is 4.79 Å². The number of carbonyl (C=O) groups excluding carboxylic acids is 1. The van der Waals surface area contributed by atoms with E-state index in [0.29, 0.717) is 18.3 Å². The second-order valence-corrected chi connectivity index (χ2v) is 5.48. The summed E-state index contributed by atoms with van der Waals surface area (Å²) in [6.07, 6.45) is 2.60. The van der Waals surface area contributed by atoms with Gasteiger partial charge in [-0.25, -0.2) is 0 Å². The third-order valence-corrected chi connectivity index (χ3v) is 3.91. The summed E-state index contributed by atoms with van der Waals surface area (Å²) in [7, 11) is 3.15. The minimum Gasteiger partial charge on any atom is -0.354 e. The molecule has 0 aromatic rings. The Hall–Kier alpha value is -0.650. The number of hydrogen-bond acceptors (Lipinski definition) is 4. The number of rotatable bonds is 7. The van der Waals surface area contributed by atoms with Crippen molar-refractivity contribution in [1.82, 2.24) is 10.6 Å². The molecule has 0 bridgehead atoms. The molecular weight excluding hydrogens is 244 g/mol. The molecule has 1 aliphatic heterocycles. The second kappa shape index (κ2) is 8.51. The molecule has 3 unspecified atom stereocenters. The molecule has 1 rings (SSSR count). The van der Waals surface area contributed by atoms with Crippen molar-refractivity contribution in [3.8, 4) is 0 Å². The molecule has 112 valence electrons. The van der Waals surface area contributed by atoms with Crippen molar-refractivity contribution in [1.29, 1.82) is 0 Å². The molecule has 19 heavy (non-hydrogen) atoms. The predicted octanol–water partition coefficient (Wildman–Crippen LogP) is 1.14. The van der Waals surface area contributed by atoms with Crippen molar-refractivity contribution < 1.29 is 14.3 Å². The van der Waals surface area contributed by atoms with Gasteiger partial charge in [0.15, 0.2) is 6.29 Å². The largest absolute Gasteiger partial charge is 0.354 e. The van der Waals surface area contributed by atoms with Crippen LogP contribution in [0.2, 0.25) is 0 Å². The molecular formula is C14H28N2O3. The maximum atomic E-state index is 12.0. The van der Waals surface area contributed by atoms with E-state index < -0.39 is 6.29 Å². The third kappa shape index (κ3) is 5.47. The van der Waals surface area contributed by atoms with Gasteiger partial charge in [-0.15, -0.1) is 0 Å². The summed E-state index contributed by atoms with van der Waals surface area (Å²) in [5.74, 6) is 1.09. The Kier molecular flexibility index (Phi) is 7.34. The number of nitrogens with one attached hydrogen (secondary N) is 2. The molecule has 0 saturated carbocycles. The Morgan fingerprint density at radius 3 is 2.58 bits per heavy atom. The number of amides is 1. The Morgan fingerprint density at radius 2 is 2.05 bits per heavy atom. The Bertz CT molecular complexity index is 263. The summed E-state index contributed by atoms with van der Waals surface area (Å²) < 4.78 is 10.3. The normalized spacial score (nSPS) is 23.1. The van der Waals surface area contributed by atoms with Crippen LogP contribution in [0.3, 0.4) is 0 Å². The smallest absolute Gasteiger partial charge is 0.220 e. The zero-order chi connectivity index (χ0) is 14.3. The number of hydrogen-bond donors (Lipinski definition) is 2. The van der Waals surface area contributed by atoms with Gasteiger partial charge in [0.25, 0.3) is 0 Å². The van der Waals surface area contributed by atoms with Crippen LogP contribution in [0.25, 0.3) is 0 Å². The number of methoxy groups -OCH3 is 2. The molecule has 0 aromatic carbocycles. The van der Waals surface area contributed by atoms with Crippen LogP contribution >= 0.6 is 0 Å². The highest BCUT2D eigenvalue weighted by Crippen LogP contribution is 2.22. The van der Waals surface area contributed by atoms with E-state index >= 15 is 0 Å². The van der Waals surface area contributed by atoms with Crippen molar-refractivity contribution in [3.63, 3.8) is 0 Å². The summed E-state index contributed by atoms with van der Waals surface area (Å²) in [5.41, 5.74) is 0. The fourth-order valence-electron chi connectivity index (χ4n) is 2.71. The van der Waals surface area contributed by atoms with Crippen molar-refractivity contribution in [3.05, 3.63) is 0 Å². The van der Waals surface area contributed by atoms with Crippen LogP contribution < -0.4 is 10.6 Å². The molecule has 1 heterocycles. The highest BCUT2D eigenvalue weighted by atomic mass is 16.7. The monoisotopic (exact) mass is 272 g/mol. The molecule has 3 atom stereocenters. The second-order valence-electron chi connectivity index (χ2n) is 5.48. The summed E-state index contributed by atoms with van der Waals surface area (Å²) >= 11 is 0. The van der Waals surface area contributed by atoms with E-state index in [1.807, 2.05) is 6.92 Å². The van der Waals surface area contributed by atoms with Gasteiger partial charge in [-0.3, -0.25) is 4.79 Å². The number of carbonyl (C=O) groups is 1. The molecule has 0 aromatic heterocycles. The summed E-state index contributed by atoms with van der Waals surface area (Å²) in [4.78, 5) is 12.0. The predicted molar refractivity (Wildman–Crippen MR) is 74.8 cm³/mol. The molecule has 0 aliphatic carbocycles. The first-order valence-electron chi connectivity index (χ1n) is 7.14. The lowest BCUT2D eigenvalue weighted by atomic mass is 9.85. The van der Waals surface area contributed by atoms with Crippen molar-refractivity contribution in [2.75, 3.05) is 27.3 Å². The first kappa shape index (κ1) is 16.4. The van der Waals surface area contributed by atoms with Crippen LogP contribution in [0.4, 0.5) is 0 Å². The Morgan fingerprint density at radius 1 is 1.37 bits per heavy atom. The first-order valence-corrected chi connectivity index (χ1v) is 7.14. The molecule has 5 nitrogen and oxygen atoms in total. The minimum absolute atomic E-state index is 0.0738. The zero-order valence-electron chi connectivity index (χ0n) is 12.6. The van der Waals surface area contributed by atoms with Gasteiger partial charge in [-0.05, 0) is 44.7 Å². The summed E-state index contributed by atoms with van der Waals surface area (Å²) in [6.45, 7) is 6.19. The van der Waals surface area contributed by atoms with Crippen LogP contribution in [-0.4, -0.2) is 45.5 Å². The van der Waals surface area contributed by atoms with E-state index in [-0.39, 0.29) is 11.9 Å². The zero-order valence-corrected chi connectivity index (χ0v) is 12.6. The van der Waals surface area contributed by atoms with Gasteiger partial charge in [0, 0.05) is 20.6 Å². The molecule has 0 radical (unpaired) electrons. The summed E-state index contributed by atoms with van der Waals surface area (Å²) in [5, 5.41) is 6.34. The van der Waals surface area contributed by atoms with Gasteiger partial charge in [0.05, 0.1) is 6.04 Å². The van der Waals surface area contributed by atoms with Gasteiger partial charge in [0.2, 0.25) is 5.91 Å². The maximum Gasteiger partial charge on any atom is 0.220 e. The SMILES string of the molecule is COC(OC)C(C)NC(=O)CC(C)C1CCCNC1. The third-order valence-electron chi connectivity index (χ3n) is 3.91. The maximum absolute atomic E-state index is 12.0. The van der Waals surface area contributed by atoms with Crippen LogP contribution in [0.5, 0.6) is 0 Å². The lowest BCUT2D eigenvalue weighted by molar-refractivity contribution is -0.136. The van der Waals surface area contributed by atoms with Crippen LogP contribution in [0.1, 0.15) is 33.1 Å². The lowest BCUT2D eigenvalue weighted by Gasteiger charge is -2.29. The van der Waals surface area contributed by atoms with Crippen LogP contribution in [0.15, 0.2) is 0 Å². The van der Waals surface area contributed by atoms with E-state index in [4.69, 9.17) is 9.47 Å². The minimum atomic E-state index is -0.393. The van der Waals surface area contributed by atoms with E-state index in [0.717, 1.165) is 13.1 Å². The van der Waals surface area contributed by atoms with Crippen molar-refractivity contribution in [2.45, 2.75) is 45.4 Å². The van der Waals surface area contributed by atoms with Crippen LogP contribution in [-0.2, 0) is 14.3 Å². The van der Waals surface area contributed by atoms with Gasteiger partial charge in [0.1, 0.15) is 0 Å². The average Bonchev–Trinajstić information content (AvgIpc) is 2.40. The topological polar surface area (TPSA) is 59.6 Å². The highest BCUT2D eigenvalue weighted by Gasteiger charge is 2.24. The highest BCUT2D eigenvalue weighted by molar-refractivity contribution is 5.76. The lowest BCUT2D eigenvalue weighted by Crippen LogP contribution is -2.44. The molecule has 2 N–H and O–H groups in total. The van der Waals surface area contributed by atoms with Gasteiger partial charge >= 0.3 is 0 Å². The molecule has 5 heteroatoms. The average molecular weight is 272 g/mol. The van der Waals surface area contributed by atoms with Crippen molar-refractivity contribution >= 4 is 5.91 Å². The Labute approximate surface area is 116 Å². The van der Waals surface area contributed by atoms with E-state index in [2.05, 4.69) is 17.6 Å². The van der Waals surface area contributed by atoms with Crippen molar-refractivity contribution in [2.24, 2.45) is 11.8 Å². The summed E-state index contributed by atoms with van der Waals surface area (Å²) in [6, 6.07) is -0.140. The first-order chi connectivity index (χ1) is 9.08. The van der Waals surface area contributed by atoms with E-state index in [1.54, 1.807) is 14.2 Å². The standard InChI is InChI=1S/C14H28N2O3/c1-10(12-6-5-7-15-9-12)8-13(17)16-11(2)14(18-3)19-4/h10-12,14-15H,5-9H2,1-4H3,(H,16,17). The Balaban J connectivity index is 2.33. The molecule has 1 fully saturated rings. The molecule has 1 amide bonds. The molecule has 1 saturated heterocycles. The van der Waals surface area contributed by atoms with E-state index in [1.165, 1.54) is 12.8 Å². The van der Waals surface area contributed by atoms with Gasteiger partial charge in [-0.1, -0.05) is 6.92 Å².